The molecule has 0 radical (unpaired) electrons. The third kappa shape index (κ3) is 17.1. The van der Waals surface area contributed by atoms with Crippen molar-refractivity contribution in [1.29, 1.82) is 0 Å². The number of imidazole rings is 1. The fourth-order valence-corrected chi connectivity index (χ4v) is 16.6. The first-order chi connectivity index (χ1) is 54.4. The van der Waals surface area contributed by atoms with Gasteiger partial charge in [0.25, 0.3) is 23.6 Å². The van der Waals surface area contributed by atoms with Gasteiger partial charge in [-0.15, -0.1) is 0 Å². The van der Waals surface area contributed by atoms with E-state index < -0.39 is 29.9 Å². The maximum absolute atomic E-state index is 13.3. The summed E-state index contributed by atoms with van der Waals surface area (Å²) in [6.07, 6.45) is 11.8. The predicted octanol–water partition coefficient (Wildman–Crippen LogP) is 12.9. The first kappa shape index (κ1) is 75.7. The van der Waals surface area contributed by atoms with E-state index in [4.69, 9.17) is 14.2 Å². The van der Waals surface area contributed by atoms with Crippen LogP contribution in [0.2, 0.25) is 0 Å². The number of rotatable bonds is 20. The summed E-state index contributed by atoms with van der Waals surface area (Å²) in [6.45, 7) is 12.1. The van der Waals surface area contributed by atoms with Gasteiger partial charge in [0, 0.05) is 104 Å². The zero-order chi connectivity index (χ0) is 77.5. The molecule has 8 aliphatic rings. The first-order valence-electron chi connectivity index (χ1n) is 39.0. The molecule has 21 heteroatoms. The topological polar surface area (TPSA) is 245 Å². The Morgan fingerprint density at radius 1 is 0.429 bits per heavy atom. The van der Waals surface area contributed by atoms with Crippen molar-refractivity contribution in [3.8, 4) is 28.5 Å². The number of ketones is 6. The Morgan fingerprint density at radius 2 is 0.920 bits per heavy atom. The predicted molar refractivity (Wildman–Crippen MR) is 417 cm³/mol. The van der Waals surface area contributed by atoms with Crippen LogP contribution in [0.15, 0.2) is 189 Å². The van der Waals surface area contributed by atoms with Crippen LogP contribution < -0.4 is 14.2 Å². The van der Waals surface area contributed by atoms with Gasteiger partial charge < -0.3 is 33.5 Å². The number of carbonyl (C=O) groups excluding carboxylic acids is 10. The van der Waals surface area contributed by atoms with Gasteiger partial charge in [-0.05, 0) is 153 Å². The molecule has 2 aromatic heterocycles. The molecule has 17 rings (SSSR count). The highest BCUT2D eigenvalue weighted by molar-refractivity contribution is 6.25. The van der Waals surface area contributed by atoms with E-state index in [1.165, 1.54) is 48.3 Å². The number of amides is 4. The van der Waals surface area contributed by atoms with Gasteiger partial charge in [0.15, 0.2) is 17.3 Å². The van der Waals surface area contributed by atoms with Gasteiger partial charge in [-0.3, -0.25) is 62.7 Å². The lowest BCUT2D eigenvalue weighted by Gasteiger charge is -2.34. The largest absolute Gasteiger partial charge is 0.489 e. The molecular weight excluding hydrogens is 1410 g/mol. The first-order valence-corrected chi connectivity index (χ1v) is 39.0. The molecule has 112 heavy (non-hydrogen) atoms. The Bertz CT molecular complexity index is 5090. The van der Waals surface area contributed by atoms with E-state index in [2.05, 4.69) is 105 Å². The second kappa shape index (κ2) is 33.9. The van der Waals surface area contributed by atoms with Crippen molar-refractivity contribution in [3.63, 3.8) is 0 Å². The molecule has 0 N–H and O–H groups in total. The molecule has 4 fully saturated rings. The molecule has 7 aromatic carbocycles. The van der Waals surface area contributed by atoms with Crippen LogP contribution in [0.1, 0.15) is 182 Å². The maximum Gasteiger partial charge on any atom is 0.266 e. The molecule has 9 aromatic rings. The van der Waals surface area contributed by atoms with E-state index in [0.29, 0.717) is 86.4 Å². The standard InChI is InChI=1S/C31H27N3O4.C30H27N3O5.C30H36N2O4/c35-24-13-14-28(29(36)15-24)34-17-26-25(31(34)37)7-4-8-30(26)38-19-22-11-9-21(10-12-22)16-33-18-27(32-20-33)23-5-2-1-3-6-23;34-22-10-11-25(26(35)15-22)33-29(36)23-4-1-5-27(28(23)30(33)37)38-18-20-8-6-19(7-9-20)16-32-14-12-24-21(17-32)3-2-13-31-24;1-20(2)31-14-12-22(13-15-31)16-21-6-8-23(9-7-21)19-36-29-5-3-4-25-26(29)18-32(30(25)35)27-11-10-24(33)17-28(27)34/h1-12,18,20,28H,13-17,19H2;1-9,13,25H,10-12,14-18H2;3-9,20,22,27H,10-19H2,1-2H3. The Morgan fingerprint density at radius 3 is 1.46 bits per heavy atom. The van der Waals surface area contributed by atoms with Crippen molar-refractivity contribution in [2.24, 2.45) is 5.92 Å². The van der Waals surface area contributed by atoms with Gasteiger partial charge in [0.2, 0.25) is 0 Å². The van der Waals surface area contributed by atoms with Crippen molar-refractivity contribution >= 4 is 58.3 Å². The number of hydrogen-bond acceptors (Lipinski definition) is 17. The number of aromatic nitrogens is 3. The number of Topliss-reactive ketones (excluding diaryl/α,β-unsaturated/α-hetero) is 6. The molecule has 1 saturated heterocycles. The number of fused-ring (bicyclic) bond motifs is 4. The van der Waals surface area contributed by atoms with Gasteiger partial charge in [0.1, 0.15) is 54.4 Å². The molecule has 3 atom stereocenters. The van der Waals surface area contributed by atoms with Crippen LogP contribution in [0.25, 0.3) is 11.3 Å². The normalized spacial score (nSPS) is 19.3. The Balaban J connectivity index is 0.000000133. The Kier molecular flexibility index (Phi) is 22.9. The quantitative estimate of drug-likeness (QED) is 0.0508. The third-order valence-electron chi connectivity index (χ3n) is 22.9. The minimum atomic E-state index is -0.898. The SMILES string of the molecule is CC(C)N1CCC(Cc2ccc(COc3cccc4c3CN(C3CCC(=O)CC3=O)C4=O)cc2)CC1.O=C1CCC(N2C(=O)c3cccc(OCc4ccc(CN5CCc6ncccc6C5)cc4)c3C2=O)C(=O)C1.O=C1CCC(N2Cc3c(OCc4ccc(Cn5cnc(-c6ccccc6)c5)cc4)cccc3C2=O)C(=O)C1. The minimum Gasteiger partial charge on any atom is -0.489 e. The summed E-state index contributed by atoms with van der Waals surface area (Å²) in [4.78, 5) is 143. The molecule has 0 bridgehead atoms. The average Bonchev–Trinajstić information content (AvgIpc) is 1.59. The molecule has 4 amide bonds. The summed E-state index contributed by atoms with van der Waals surface area (Å²) in [5, 5.41) is 0. The highest BCUT2D eigenvalue weighted by atomic mass is 16.5. The number of pyridine rings is 1. The Hall–Kier alpha value is -11.7. The molecule has 7 heterocycles. The van der Waals surface area contributed by atoms with Crippen LogP contribution in [-0.2, 0) is 94.2 Å². The minimum absolute atomic E-state index is 0.0352. The van der Waals surface area contributed by atoms with Crippen molar-refractivity contribution in [1.82, 2.24) is 39.0 Å². The van der Waals surface area contributed by atoms with Crippen molar-refractivity contribution < 1.29 is 62.2 Å². The second-order valence-corrected chi connectivity index (χ2v) is 30.8. The van der Waals surface area contributed by atoms with E-state index >= 15 is 0 Å². The summed E-state index contributed by atoms with van der Waals surface area (Å²) in [5.74, 6) is 0.0833. The summed E-state index contributed by atoms with van der Waals surface area (Å²) in [5.41, 5.74) is 14.5. The van der Waals surface area contributed by atoms with E-state index in [1.54, 1.807) is 46.2 Å². The number of nitrogens with zero attached hydrogens (tertiary/aromatic N) is 8. The summed E-state index contributed by atoms with van der Waals surface area (Å²) >= 11 is 0. The molecule has 3 saturated carbocycles. The van der Waals surface area contributed by atoms with Crippen LogP contribution >= 0.6 is 0 Å². The molecule has 3 unspecified atom stereocenters. The van der Waals surface area contributed by atoms with Gasteiger partial charge in [-0.1, -0.05) is 127 Å². The molecule has 3 aliphatic carbocycles. The number of ether oxygens (including phenoxy) is 3. The molecule has 5 aliphatic heterocycles. The van der Waals surface area contributed by atoms with Crippen LogP contribution in [0.3, 0.4) is 0 Å². The fourth-order valence-electron chi connectivity index (χ4n) is 16.6. The third-order valence-corrected chi connectivity index (χ3v) is 22.9. The number of carbonyl (C=O) groups is 10. The smallest absolute Gasteiger partial charge is 0.266 e. The number of piperidine rings is 1. The van der Waals surface area contributed by atoms with Crippen molar-refractivity contribution in [2.45, 2.75) is 174 Å². The van der Waals surface area contributed by atoms with Crippen LogP contribution in [0.4, 0.5) is 0 Å². The number of hydrogen-bond donors (Lipinski definition) is 0. The number of imide groups is 1. The van der Waals surface area contributed by atoms with Crippen LogP contribution in [0.5, 0.6) is 17.2 Å². The summed E-state index contributed by atoms with van der Waals surface area (Å²) in [7, 11) is 0. The lowest BCUT2D eigenvalue weighted by molar-refractivity contribution is -0.134. The lowest BCUT2D eigenvalue weighted by atomic mass is 9.89. The average molecular weight is 1500 g/mol. The van der Waals surface area contributed by atoms with E-state index in [0.717, 1.165) is 94.5 Å². The van der Waals surface area contributed by atoms with Gasteiger partial charge in [-0.25, -0.2) is 4.98 Å². The van der Waals surface area contributed by atoms with Crippen molar-refractivity contribution in [3.05, 3.63) is 267 Å². The highest BCUT2D eigenvalue weighted by Crippen LogP contribution is 2.39. The number of likely N-dealkylation sites (tertiary alicyclic amines) is 1. The van der Waals surface area contributed by atoms with Crippen LogP contribution in [0, 0.1) is 5.92 Å². The molecule has 0 spiro atoms. The lowest BCUT2D eigenvalue weighted by Crippen LogP contribution is -2.47. The Labute approximate surface area is 650 Å². The number of benzene rings is 7. The second-order valence-electron chi connectivity index (χ2n) is 30.8. The molecular formula is C91H90N8O13. The van der Waals surface area contributed by atoms with Gasteiger partial charge in [0.05, 0.1) is 73.6 Å². The van der Waals surface area contributed by atoms with Gasteiger partial charge >= 0.3 is 0 Å². The van der Waals surface area contributed by atoms with Crippen LogP contribution in [-0.4, -0.2) is 141 Å². The maximum atomic E-state index is 13.3. The fraction of sp³-hybridized carbons (Fsp3) is 0.341. The molecule has 21 nitrogen and oxygen atoms in total. The zero-order valence-electron chi connectivity index (χ0n) is 63.1. The van der Waals surface area contributed by atoms with Gasteiger partial charge in [-0.2, -0.15) is 0 Å². The monoisotopic (exact) mass is 1500 g/mol. The van der Waals surface area contributed by atoms with E-state index in [9.17, 15) is 47.9 Å². The summed E-state index contributed by atoms with van der Waals surface area (Å²) in [6, 6.07) is 53.9. The highest BCUT2D eigenvalue weighted by Gasteiger charge is 2.47. The zero-order valence-corrected chi connectivity index (χ0v) is 63.1. The van der Waals surface area contributed by atoms with E-state index in [1.807, 2.05) is 85.5 Å². The van der Waals surface area contributed by atoms with E-state index in [-0.39, 0.29) is 96.4 Å². The van der Waals surface area contributed by atoms with Crippen molar-refractivity contribution in [2.75, 3.05) is 19.6 Å². The summed E-state index contributed by atoms with van der Waals surface area (Å²) < 4.78 is 20.4. The molecule has 572 valence electrons.